The minimum atomic E-state index is 0. The fourth-order valence-electron chi connectivity index (χ4n) is 2.43. The summed E-state index contributed by atoms with van der Waals surface area (Å²) < 4.78 is 5.81. The van der Waals surface area contributed by atoms with Gasteiger partial charge in [0.25, 0.3) is 0 Å². The predicted octanol–water partition coefficient (Wildman–Crippen LogP) is 5.16. The molecule has 0 N–H and O–H groups in total. The monoisotopic (exact) mass is 289 g/mol. The number of ether oxygens (including phenoxy) is 1. The fraction of sp³-hybridized carbons (Fsp3) is 0.143. The largest absolute Gasteiger partial charge is 1.00 e. The lowest BCUT2D eigenvalue weighted by atomic mass is 10.0. The van der Waals surface area contributed by atoms with E-state index in [0.717, 1.165) is 18.6 Å². The van der Waals surface area contributed by atoms with E-state index in [9.17, 15) is 0 Å². The Morgan fingerprint density at radius 2 is 1.05 bits per heavy atom. The summed E-state index contributed by atoms with van der Waals surface area (Å²) in [7, 11) is 0. The van der Waals surface area contributed by atoms with E-state index in [4.69, 9.17) is 4.74 Å². The number of rotatable bonds is 6. The minimum Gasteiger partial charge on any atom is -0.489 e. The quantitative estimate of drug-likeness (QED) is 0.609. The first kappa shape index (κ1) is 14.4. The van der Waals surface area contributed by atoms with Gasteiger partial charge in [-0.25, -0.2) is 0 Å². The van der Waals surface area contributed by atoms with Gasteiger partial charge in [-0.3, -0.25) is 0 Å². The maximum Gasteiger partial charge on any atom is 1.00 e. The SMILES string of the molecule is [H+].c1ccc(CCc2ccc(OCc3ccccc3)cc2)cc1. The molecule has 0 radical (unpaired) electrons. The summed E-state index contributed by atoms with van der Waals surface area (Å²) in [5.41, 5.74) is 3.92. The van der Waals surface area contributed by atoms with Crippen molar-refractivity contribution in [2.75, 3.05) is 0 Å². The molecule has 3 aromatic carbocycles. The van der Waals surface area contributed by atoms with Gasteiger partial charge in [-0.1, -0.05) is 72.8 Å². The van der Waals surface area contributed by atoms with E-state index < -0.39 is 0 Å². The predicted molar refractivity (Wildman–Crippen MR) is 92.2 cm³/mol. The molecule has 3 rings (SSSR count). The van der Waals surface area contributed by atoms with Crippen molar-refractivity contribution in [3.63, 3.8) is 0 Å². The summed E-state index contributed by atoms with van der Waals surface area (Å²) in [5.74, 6) is 0.923. The van der Waals surface area contributed by atoms with Crippen LogP contribution in [0.1, 0.15) is 18.1 Å². The number of aryl methyl sites for hydroxylation is 2. The normalized spacial score (nSPS) is 10.4. The van der Waals surface area contributed by atoms with Crippen LogP contribution in [-0.2, 0) is 19.4 Å². The van der Waals surface area contributed by atoms with Gasteiger partial charge in [0, 0.05) is 0 Å². The van der Waals surface area contributed by atoms with Gasteiger partial charge in [0.2, 0.25) is 0 Å². The van der Waals surface area contributed by atoms with Crippen LogP contribution in [0, 0.1) is 0 Å². The fourth-order valence-corrected chi connectivity index (χ4v) is 2.43. The average Bonchev–Trinajstić information content (AvgIpc) is 2.61. The van der Waals surface area contributed by atoms with E-state index in [-0.39, 0.29) is 1.43 Å². The average molecular weight is 289 g/mol. The van der Waals surface area contributed by atoms with Gasteiger partial charge in [0.15, 0.2) is 0 Å². The first-order chi connectivity index (χ1) is 10.9. The van der Waals surface area contributed by atoms with Crippen molar-refractivity contribution in [3.05, 3.63) is 102 Å². The molecule has 0 unspecified atom stereocenters. The second-order valence-electron chi connectivity index (χ2n) is 5.40. The molecule has 3 aromatic rings. The highest BCUT2D eigenvalue weighted by molar-refractivity contribution is 5.28. The van der Waals surface area contributed by atoms with Crippen molar-refractivity contribution >= 4 is 0 Å². The summed E-state index contributed by atoms with van der Waals surface area (Å²) in [6.07, 6.45) is 2.13. The maximum atomic E-state index is 5.81. The molecule has 0 saturated heterocycles. The summed E-state index contributed by atoms with van der Waals surface area (Å²) in [6, 6.07) is 29.3. The Labute approximate surface area is 133 Å². The molecule has 0 saturated carbocycles. The molecule has 0 aliphatic carbocycles. The van der Waals surface area contributed by atoms with Gasteiger partial charge in [0.05, 0.1) is 0 Å². The molecule has 0 fully saturated rings. The van der Waals surface area contributed by atoms with E-state index in [1.165, 1.54) is 16.7 Å². The number of benzene rings is 3. The molecular formula is C21H21O+. The van der Waals surface area contributed by atoms with E-state index in [1.807, 2.05) is 18.2 Å². The van der Waals surface area contributed by atoms with Crippen LogP contribution >= 0.6 is 0 Å². The van der Waals surface area contributed by atoms with Crippen LogP contribution in [0.15, 0.2) is 84.9 Å². The highest BCUT2D eigenvalue weighted by Gasteiger charge is 1.98. The lowest BCUT2D eigenvalue weighted by molar-refractivity contribution is 0.306. The van der Waals surface area contributed by atoms with Crippen LogP contribution in [0.4, 0.5) is 0 Å². The molecule has 110 valence electrons. The Morgan fingerprint density at radius 1 is 0.545 bits per heavy atom. The molecule has 1 nitrogen and oxygen atoms in total. The standard InChI is InChI=1S/C21H20O/c1-3-7-18(8-4-1)11-12-19-13-15-21(16-14-19)22-17-20-9-5-2-6-10-20/h1-10,13-16H,11-12,17H2/p+1. The molecule has 22 heavy (non-hydrogen) atoms. The smallest absolute Gasteiger partial charge is 0.489 e. The van der Waals surface area contributed by atoms with Gasteiger partial charge in [-0.05, 0) is 41.7 Å². The Bertz CT molecular complexity index is 616. The summed E-state index contributed by atoms with van der Waals surface area (Å²) in [6.45, 7) is 0.615. The van der Waals surface area contributed by atoms with E-state index in [0.29, 0.717) is 6.61 Å². The van der Waals surface area contributed by atoms with Crippen molar-refractivity contribution in [3.8, 4) is 5.75 Å². The zero-order valence-corrected chi connectivity index (χ0v) is 12.6. The molecular weight excluding hydrogens is 268 g/mol. The zero-order valence-electron chi connectivity index (χ0n) is 13.6. The Kier molecular flexibility index (Phi) is 4.88. The van der Waals surface area contributed by atoms with Gasteiger partial charge >= 0.3 is 1.43 Å². The third kappa shape index (κ3) is 4.23. The van der Waals surface area contributed by atoms with Crippen LogP contribution < -0.4 is 4.74 Å². The van der Waals surface area contributed by atoms with Crippen LogP contribution in [0.25, 0.3) is 0 Å². The maximum absolute atomic E-state index is 5.81. The van der Waals surface area contributed by atoms with E-state index in [2.05, 4.69) is 66.7 Å². The summed E-state index contributed by atoms with van der Waals surface area (Å²) in [4.78, 5) is 0. The molecule has 0 amide bonds. The van der Waals surface area contributed by atoms with Crippen molar-refractivity contribution in [2.45, 2.75) is 19.4 Å². The molecule has 1 heteroatoms. The Morgan fingerprint density at radius 3 is 1.64 bits per heavy atom. The molecule has 0 aliphatic heterocycles. The first-order valence-electron chi connectivity index (χ1n) is 7.70. The summed E-state index contributed by atoms with van der Waals surface area (Å²) in [5, 5.41) is 0. The van der Waals surface area contributed by atoms with Crippen LogP contribution in [0.2, 0.25) is 0 Å². The van der Waals surface area contributed by atoms with Crippen molar-refractivity contribution in [1.82, 2.24) is 0 Å². The van der Waals surface area contributed by atoms with Gasteiger partial charge in [-0.2, -0.15) is 0 Å². The molecule has 0 bridgehead atoms. The highest BCUT2D eigenvalue weighted by Crippen LogP contribution is 2.15. The third-order valence-electron chi connectivity index (χ3n) is 3.72. The third-order valence-corrected chi connectivity index (χ3v) is 3.72. The van der Waals surface area contributed by atoms with Gasteiger partial charge in [0.1, 0.15) is 12.4 Å². The van der Waals surface area contributed by atoms with Gasteiger partial charge in [-0.15, -0.1) is 0 Å². The lowest BCUT2D eigenvalue weighted by Crippen LogP contribution is -1.95. The van der Waals surface area contributed by atoms with Crippen LogP contribution in [0.3, 0.4) is 0 Å². The van der Waals surface area contributed by atoms with E-state index >= 15 is 0 Å². The lowest BCUT2D eigenvalue weighted by Gasteiger charge is -2.07. The van der Waals surface area contributed by atoms with Crippen LogP contribution in [0.5, 0.6) is 5.75 Å². The molecule has 0 aromatic heterocycles. The summed E-state index contributed by atoms with van der Waals surface area (Å²) >= 11 is 0. The Hall–Kier alpha value is -2.54. The van der Waals surface area contributed by atoms with E-state index in [1.54, 1.807) is 0 Å². The van der Waals surface area contributed by atoms with Crippen LogP contribution in [-0.4, -0.2) is 0 Å². The number of hydrogen-bond donors (Lipinski definition) is 0. The molecule has 0 spiro atoms. The van der Waals surface area contributed by atoms with Crippen molar-refractivity contribution < 1.29 is 6.16 Å². The van der Waals surface area contributed by atoms with Crippen molar-refractivity contribution in [1.29, 1.82) is 0 Å². The second-order valence-corrected chi connectivity index (χ2v) is 5.40. The highest BCUT2D eigenvalue weighted by atomic mass is 16.5. The topological polar surface area (TPSA) is 9.23 Å². The molecule has 0 heterocycles. The van der Waals surface area contributed by atoms with Gasteiger partial charge < -0.3 is 4.74 Å². The second kappa shape index (κ2) is 7.46. The number of hydrogen-bond acceptors (Lipinski definition) is 1. The molecule has 0 aliphatic rings. The first-order valence-corrected chi connectivity index (χ1v) is 7.70. The Balaban J connectivity index is 0.00000192. The zero-order chi connectivity index (χ0) is 15.0. The van der Waals surface area contributed by atoms with Crippen molar-refractivity contribution in [2.24, 2.45) is 0 Å². The molecule has 0 atom stereocenters. The minimum absolute atomic E-state index is 0.